The summed E-state index contributed by atoms with van der Waals surface area (Å²) in [5.74, 6) is 0.449. The number of furan rings is 1. The number of nitrogens with one attached hydrogen (secondary N) is 1. The number of hydrogen-bond donors (Lipinski definition) is 1. The van der Waals surface area contributed by atoms with Gasteiger partial charge in [-0.25, -0.2) is 5.43 Å². The molecule has 0 aliphatic rings. The Morgan fingerprint density at radius 3 is 2.46 bits per heavy atom. The van der Waals surface area contributed by atoms with Crippen molar-refractivity contribution in [1.29, 1.82) is 0 Å². The van der Waals surface area contributed by atoms with E-state index in [1.165, 1.54) is 10.8 Å². The van der Waals surface area contributed by atoms with E-state index >= 15 is 0 Å². The summed E-state index contributed by atoms with van der Waals surface area (Å²) in [5, 5.41) is 7.27. The fourth-order valence-corrected chi connectivity index (χ4v) is 5.45. The quantitative estimate of drug-likeness (QED) is 0.148. The lowest BCUT2D eigenvalue weighted by Crippen LogP contribution is -2.16. The Hall–Kier alpha value is -2.94. The number of hydrogen-bond acceptors (Lipinski definition) is 4. The predicted molar refractivity (Wildman–Crippen MR) is 149 cm³/mol. The fourth-order valence-electron chi connectivity index (χ4n) is 3.62. The lowest BCUT2D eigenvalue weighted by molar-refractivity contribution is 0.0929. The first-order valence-electron chi connectivity index (χ1n) is 10.6. The zero-order valence-electron chi connectivity index (χ0n) is 18.1. The number of amides is 1. The maximum Gasteiger partial charge on any atom is 0.307 e. The van der Waals surface area contributed by atoms with Crippen LogP contribution in [-0.4, -0.2) is 12.1 Å². The summed E-state index contributed by atoms with van der Waals surface area (Å²) in [5.41, 5.74) is 4.99. The molecule has 0 saturated carbocycles. The van der Waals surface area contributed by atoms with Gasteiger partial charge in [-0.05, 0) is 96.2 Å². The van der Waals surface area contributed by atoms with Gasteiger partial charge in [0.15, 0.2) is 5.76 Å². The number of nitrogens with zero attached hydrogens (tertiary/aromatic N) is 1. The van der Waals surface area contributed by atoms with Gasteiger partial charge in [-0.3, -0.25) is 4.79 Å². The van der Waals surface area contributed by atoms with Gasteiger partial charge < -0.3 is 9.15 Å². The van der Waals surface area contributed by atoms with Crippen LogP contribution in [0.25, 0.3) is 21.7 Å². The van der Waals surface area contributed by atoms with Crippen molar-refractivity contribution in [2.24, 2.45) is 5.10 Å². The van der Waals surface area contributed by atoms with E-state index in [2.05, 4.69) is 88.6 Å². The third-order valence-corrected chi connectivity index (χ3v) is 6.97. The highest BCUT2D eigenvalue weighted by molar-refractivity contribution is 9.11. The molecule has 1 N–H and O–H groups in total. The van der Waals surface area contributed by atoms with Crippen molar-refractivity contribution >= 4 is 81.7 Å². The standard InChI is InChI=1S/C27H17Br3N2O3/c28-21-7-8-24-20(12-21)13-25(35-24)27(33)32-31-14-17-10-22(29)26(23(30)11-17)34-15-16-5-6-18-3-1-2-4-19(18)9-16/h1-14H,15H2,(H,32,33)/b31-14+. The van der Waals surface area contributed by atoms with Crippen LogP contribution in [0.2, 0.25) is 0 Å². The van der Waals surface area contributed by atoms with Crippen LogP contribution in [0.4, 0.5) is 0 Å². The fraction of sp³-hybridized carbons (Fsp3) is 0.0370. The summed E-state index contributed by atoms with van der Waals surface area (Å²) in [6, 6.07) is 25.5. The van der Waals surface area contributed by atoms with Gasteiger partial charge in [0.1, 0.15) is 17.9 Å². The van der Waals surface area contributed by atoms with Crippen molar-refractivity contribution in [3.8, 4) is 5.75 Å². The molecule has 5 aromatic rings. The van der Waals surface area contributed by atoms with Crippen molar-refractivity contribution < 1.29 is 13.9 Å². The van der Waals surface area contributed by atoms with Crippen LogP contribution < -0.4 is 10.2 Å². The van der Waals surface area contributed by atoms with Crippen LogP contribution in [0.1, 0.15) is 21.7 Å². The molecule has 5 rings (SSSR count). The van der Waals surface area contributed by atoms with E-state index in [4.69, 9.17) is 9.15 Å². The molecule has 8 heteroatoms. The molecular weight excluding hydrogens is 640 g/mol. The molecule has 0 atom stereocenters. The van der Waals surface area contributed by atoms with Gasteiger partial charge in [0, 0.05) is 9.86 Å². The summed E-state index contributed by atoms with van der Waals surface area (Å²) >= 11 is 10.6. The van der Waals surface area contributed by atoms with Crippen LogP contribution in [0.15, 0.2) is 102 Å². The number of ether oxygens (including phenoxy) is 1. The Kier molecular flexibility index (Phi) is 7.04. The summed E-state index contributed by atoms with van der Waals surface area (Å²) < 4.78 is 14.1. The molecule has 0 bridgehead atoms. The summed E-state index contributed by atoms with van der Waals surface area (Å²) in [4.78, 5) is 12.4. The van der Waals surface area contributed by atoms with Gasteiger partial charge in [-0.15, -0.1) is 0 Å². The number of halogens is 3. The summed E-state index contributed by atoms with van der Waals surface area (Å²) in [6.45, 7) is 0.430. The van der Waals surface area contributed by atoms with E-state index in [9.17, 15) is 4.79 Å². The van der Waals surface area contributed by atoms with Crippen LogP contribution in [0, 0.1) is 0 Å². The summed E-state index contributed by atoms with van der Waals surface area (Å²) in [7, 11) is 0. The van der Waals surface area contributed by atoms with Crippen molar-refractivity contribution in [2.75, 3.05) is 0 Å². The van der Waals surface area contributed by atoms with Crippen LogP contribution >= 0.6 is 47.8 Å². The largest absolute Gasteiger partial charge is 0.487 e. The van der Waals surface area contributed by atoms with Gasteiger partial charge in [0.05, 0.1) is 15.2 Å². The Morgan fingerprint density at radius 2 is 1.66 bits per heavy atom. The first-order valence-corrected chi connectivity index (χ1v) is 13.0. The maximum absolute atomic E-state index is 12.4. The number of rotatable bonds is 6. The highest BCUT2D eigenvalue weighted by atomic mass is 79.9. The topological polar surface area (TPSA) is 63.8 Å². The van der Waals surface area contributed by atoms with E-state index < -0.39 is 5.91 Å². The maximum atomic E-state index is 12.4. The van der Waals surface area contributed by atoms with Crippen molar-refractivity contribution in [3.63, 3.8) is 0 Å². The molecule has 0 aliphatic heterocycles. The van der Waals surface area contributed by atoms with Gasteiger partial charge in [0.25, 0.3) is 0 Å². The number of carbonyl (C=O) groups excluding carboxylic acids is 1. The van der Waals surface area contributed by atoms with E-state index in [0.717, 1.165) is 29.9 Å². The second kappa shape index (κ2) is 10.4. The lowest BCUT2D eigenvalue weighted by atomic mass is 10.1. The van der Waals surface area contributed by atoms with E-state index in [0.29, 0.717) is 17.9 Å². The molecule has 1 aromatic heterocycles. The van der Waals surface area contributed by atoms with Crippen molar-refractivity contribution in [1.82, 2.24) is 5.43 Å². The van der Waals surface area contributed by atoms with Crippen molar-refractivity contribution in [3.05, 3.63) is 109 Å². The number of benzene rings is 4. The molecule has 0 radical (unpaired) electrons. The first-order chi connectivity index (χ1) is 17.0. The minimum atomic E-state index is -0.429. The monoisotopic (exact) mass is 654 g/mol. The van der Waals surface area contributed by atoms with E-state index in [1.807, 2.05) is 36.4 Å². The first kappa shape index (κ1) is 23.8. The molecule has 174 valence electrons. The third-order valence-electron chi connectivity index (χ3n) is 5.30. The Labute approximate surface area is 226 Å². The molecule has 1 amide bonds. The second-order valence-electron chi connectivity index (χ2n) is 7.78. The minimum absolute atomic E-state index is 0.190. The Bertz CT molecular complexity index is 1570. The van der Waals surface area contributed by atoms with Crippen molar-refractivity contribution in [2.45, 2.75) is 6.61 Å². The molecule has 1 heterocycles. The number of fused-ring (bicyclic) bond motifs is 2. The molecule has 4 aromatic carbocycles. The Morgan fingerprint density at radius 1 is 0.886 bits per heavy atom. The number of hydrazone groups is 1. The third kappa shape index (κ3) is 5.50. The van der Waals surface area contributed by atoms with Gasteiger partial charge in [-0.2, -0.15) is 5.10 Å². The average molecular weight is 657 g/mol. The van der Waals surface area contributed by atoms with Crippen LogP contribution in [0.3, 0.4) is 0 Å². The zero-order chi connectivity index (χ0) is 24.4. The van der Waals surface area contributed by atoms with Crippen LogP contribution in [-0.2, 0) is 6.61 Å². The molecule has 5 nitrogen and oxygen atoms in total. The minimum Gasteiger partial charge on any atom is -0.487 e. The lowest BCUT2D eigenvalue weighted by Gasteiger charge is -2.12. The van der Waals surface area contributed by atoms with Gasteiger partial charge in [-0.1, -0.05) is 52.3 Å². The SMILES string of the molecule is O=C(N/N=C/c1cc(Br)c(OCc2ccc3ccccc3c2)c(Br)c1)c1cc2cc(Br)ccc2o1. The highest BCUT2D eigenvalue weighted by Gasteiger charge is 2.12. The molecular formula is C27H17Br3N2O3. The van der Waals surface area contributed by atoms with E-state index in [-0.39, 0.29) is 5.76 Å². The van der Waals surface area contributed by atoms with Gasteiger partial charge in [0.2, 0.25) is 0 Å². The normalized spacial score (nSPS) is 11.4. The Balaban J connectivity index is 1.24. The molecule has 35 heavy (non-hydrogen) atoms. The van der Waals surface area contributed by atoms with E-state index in [1.54, 1.807) is 18.3 Å². The molecule has 0 unspecified atom stereocenters. The second-order valence-corrected chi connectivity index (χ2v) is 10.4. The molecule has 0 fully saturated rings. The highest BCUT2D eigenvalue weighted by Crippen LogP contribution is 2.35. The smallest absolute Gasteiger partial charge is 0.307 e. The molecule has 0 spiro atoms. The van der Waals surface area contributed by atoms with Crippen LogP contribution in [0.5, 0.6) is 5.75 Å². The molecule has 0 aliphatic carbocycles. The zero-order valence-corrected chi connectivity index (χ0v) is 22.9. The summed E-state index contributed by atoms with van der Waals surface area (Å²) in [6.07, 6.45) is 1.56. The predicted octanol–water partition coefficient (Wildman–Crippen LogP) is 8.22. The average Bonchev–Trinajstić information content (AvgIpc) is 3.27. The molecule has 0 saturated heterocycles. The number of carbonyl (C=O) groups is 1. The van der Waals surface area contributed by atoms with Gasteiger partial charge >= 0.3 is 5.91 Å².